The quantitative estimate of drug-likeness (QED) is 0.572. The second kappa shape index (κ2) is 9.02. The van der Waals surface area contributed by atoms with Crippen LogP contribution in [0.2, 0.25) is 0 Å². The summed E-state index contributed by atoms with van der Waals surface area (Å²) in [5.74, 6) is -1.39. The van der Waals surface area contributed by atoms with Crippen molar-refractivity contribution in [2.45, 2.75) is 19.4 Å². The molecule has 1 aliphatic rings. The molecule has 0 N–H and O–H groups in total. The normalized spacial score (nSPS) is 15.2. The van der Waals surface area contributed by atoms with E-state index < -0.39 is 17.5 Å². The molecule has 0 radical (unpaired) electrons. The van der Waals surface area contributed by atoms with Crippen molar-refractivity contribution in [1.29, 1.82) is 0 Å². The van der Waals surface area contributed by atoms with Gasteiger partial charge in [-0.15, -0.1) is 0 Å². The topological polar surface area (TPSA) is 21.5 Å². The molecule has 1 atom stereocenters. The van der Waals surface area contributed by atoms with Crippen LogP contribution in [0, 0.1) is 17.5 Å². The van der Waals surface area contributed by atoms with Crippen molar-refractivity contribution in [2.75, 3.05) is 14.2 Å². The van der Waals surface area contributed by atoms with E-state index in [4.69, 9.17) is 9.47 Å². The number of rotatable bonds is 4. The summed E-state index contributed by atoms with van der Waals surface area (Å²) in [6.07, 6.45) is 0.560. The van der Waals surface area contributed by atoms with Crippen LogP contribution in [0.5, 0.6) is 11.5 Å². The summed E-state index contributed by atoms with van der Waals surface area (Å²) in [5.41, 5.74) is 2.25. The Morgan fingerprint density at radius 2 is 1.48 bits per heavy atom. The Morgan fingerprint density at radius 1 is 0.839 bits per heavy atom. The predicted molar refractivity (Wildman–Crippen MR) is 109 cm³/mol. The van der Waals surface area contributed by atoms with Gasteiger partial charge in [-0.1, -0.05) is 18.2 Å². The standard InChI is InChI=1S/C24H21F3NO2.ClH/c1-14-11-15-12-21(29-2)22(30-3)13-17(15)24(16-7-6-9-19(26)23(16)27)28(14)20-10-5-4-8-18(20)25;/h4-10,12-14H,11H2,1-3H3;1H/q+1;/p-1. The van der Waals surface area contributed by atoms with Crippen molar-refractivity contribution in [3.63, 3.8) is 0 Å². The van der Waals surface area contributed by atoms with Gasteiger partial charge in [-0.3, -0.25) is 0 Å². The lowest BCUT2D eigenvalue weighted by atomic mass is 9.88. The summed E-state index contributed by atoms with van der Waals surface area (Å²) in [6.45, 7) is 1.92. The van der Waals surface area contributed by atoms with Crippen LogP contribution in [0.1, 0.15) is 23.6 Å². The SMILES string of the molecule is COc1cc2c(cc1OC)C(c1cccc(F)c1F)=[N+](c1ccccc1F)C(C)C2.[Cl-]. The van der Waals surface area contributed by atoms with Gasteiger partial charge in [0.1, 0.15) is 0 Å². The summed E-state index contributed by atoms with van der Waals surface area (Å²) >= 11 is 0. The van der Waals surface area contributed by atoms with Gasteiger partial charge >= 0.3 is 0 Å². The Balaban J connectivity index is 0.00000272. The third-order valence-electron chi connectivity index (χ3n) is 5.38. The molecule has 0 bridgehead atoms. The first kappa shape index (κ1) is 22.7. The third-order valence-corrected chi connectivity index (χ3v) is 5.38. The lowest BCUT2D eigenvalue weighted by Crippen LogP contribution is -3.00. The van der Waals surface area contributed by atoms with Crippen molar-refractivity contribution in [2.24, 2.45) is 0 Å². The van der Waals surface area contributed by atoms with Crippen molar-refractivity contribution in [3.05, 3.63) is 88.7 Å². The van der Waals surface area contributed by atoms with Gasteiger partial charge in [0.05, 0.1) is 25.3 Å². The van der Waals surface area contributed by atoms with Gasteiger partial charge in [0.25, 0.3) is 0 Å². The molecule has 1 unspecified atom stereocenters. The number of halogens is 4. The molecule has 4 rings (SSSR count). The van der Waals surface area contributed by atoms with E-state index in [1.54, 1.807) is 36.0 Å². The van der Waals surface area contributed by atoms with Crippen molar-refractivity contribution >= 4 is 11.4 Å². The highest BCUT2D eigenvalue weighted by molar-refractivity contribution is 6.12. The van der Waals surface area contributed by atoms with Crippen molar-refractivity contribution in [1.82, 2.24) is 0 Å². The molecule has 0 aliphatic carbocycles. The van der Waals surface area contributed by atoms with Crippen LogP contribution in [0.15, 0.2) is 54.6 Å². The highest BCUT2D eigenvalue weighted by Crippen LogP contribution is 2.37. The van der Waals surface area contributed by atoms with E-state index in [0.29, 0.717) is 34.9 Å². The molecule has 0 saturated carbocycles. The van der Waals surface area contributed by atoms with Crippen LogP contribution in [0.3, 0.4) is 0 Å². The van der Waals surface area contributed by atoms with E-state index in [0.717, 1.165) is 11.6 Å². The molecular weight excluding hydrogens is 427 g/mol. The fourth-order valence-corrected chi connectivity index (χ4v) is 4.04. The van der Waals surface area contributed by atoms with Gasteiger partial charge in [0.2, 0.25) is 11.4 Å². The molecule has 7 heteroatoms. The summed E-state index contributed by atoms with van der Waals surface area (Å²) < 4.78 is 56.5. The minimum atomic E-state index is -0.983. The summed E-state index contributed by atoms with van der Waals surface area (Å²) in [6, 6.07) is 13.7. The molecule has 0 saturated heterocycles. The maximum absolute atomic E-state index is 15.0. The number of hydrogen-bond acceptors (Lipinski definition) is 2. The molecule has 3 nitrogen and oxygen atoms in total. The molecule has 1 aliphatic heterocycles. The minimum absolute atomic E-state index is 0. The Morgan fingerprint density at radius 3 is 2.16 bits per heavy atom. The second-order valence-electron chi connectivity index (χ2n) is 7.19. The third kappa shape index (κ3) is 3.88. The molecule has 0 amide bonds. The lowest BCUT2D eigenvalue weighted by molar-refractivity contribution is -0.483. The van der Waals surface area contributed by atoms with E-state index >= 15 is 0 Å². The Labute approximate surface area is 185 Å². The molecule has 1 heterocycles. The minimum Gasteiger partial charge on any atom is -1.00 e. The average Bonchev–Trinajstić information content (AvgIpc) is 2.74. The van der Waals surface area contributed by atoms with Crippen LogP contribution in [-0.4, -0.2) is 30.5 Å². The van der Waals surface area contributed by atoms with Crippen molar-refractivity contribution in [3.8, 4) is 11.5 Å². The van der Waals surface area contributed by atoms with Gasteiger partial charge < -0.3 is 21.9 Å². The van der Waals surface area contributed by atoms with E-state index in [1.807, 2.05) is 13.0 Å². The summed E-state index contributed by atoms with van der Waals surface area (Å²) in [4.78, 5) is 0. The van der Waals surface area contributed by atoms with Crippen LogP contribution in [0.4, 0.5) is 18.9 Å². The fraction of sp³-hybridized carbons (Fsp3) is 0.208. The maximum Gasteiger partial charge on any atom is 0.242 e. The first-order valence-electron chi connectivity index (χ1n) is 9.56. The number of hydrogen-bond donors (Lipinski definition) is 0. The Kier molecular flexibility index (Phi) is 6.60. The molecule has 0 spiro atoms. The number of fused-ring (bicyclic) bond motifs is 1. The van der Waals surface area contributed by atoms with Crippen molar-refractivity contribution < 1.29 is 39.6 Å². The van der Waals surface area contributed by atoms with Gasteiger partial charge in [-0.25, -0.2) is 8.78 Å². The molecule has 162 valence electrons. The highest BCUT2D eigenvalue weighted by atomic mass is 35.5. The monoisotopic (exact) mass is 447 g/mol. The van der Waals surface area contributed by atoms with E-state index in [-0.39, 0.29) is 24.0 Å². The number of ether oxygens (including phenoxy) is 2. The van der Waals surface area contributed by atoms with Crippen LogP contribution in [0.25, 0.3) is 0 Å². The second-order valence-corrected chi connectivity index (χ2v) is 7.19. The van der Waals surface area contributed by atoms with E-state index in [9.17, 15) is 13.2 Å². The number of methoxy groups -OCH3 is 2. The first-order chi connectivity index (χ1) is 14.5. The number of nitrogens with zero attached hydrogens (tertiary/aromatic N) is 1. The van der Waals surface area contributed by atoms with Gasteiger partial charge in [-0.2, -0.15) is 8.97 Å². The van der Waals surface area contributed by atoms with Gasteiger partial charge in [0.15, 0.2) is 35.0 Å². The highest BCUT2D eigenvalue weighted by Gasteiger charge is 2.37. The zero-order valence-electron chi connectivity index (χ0n) is 17.3. The van der Waals surface area contributed by atoms with Crippen LogP contribution < -0.4 is 21.9 Å². The number of para-hydroxylation sites is 1. The maximum atomic E-state index is 15.0. The smallest absolute Gasteiger partial charge is 0.242 e. The van der Waals surface area contributed by atoms with Crippen LogP contribution >= 0.6 is 0 Å². The molecule has 0 fully saturated rings. The molecule has 0 aromatic heterocycles. The van der Waals surface area contributed by atoms with E-state index in [2.05, 4.69) is 0 Å². The summed E-state index contributed by atoms with van der Waals surface area (Å²) in [5, 5.41) is 0. The largest absolute Gasteiger partial charge is 1.00 e. The molecular formula is C24H21ClF3NO2. The predicted octanol–water partition coefficient (Wildman–Crippen LogP) is 2.25. The molecule has 31 heavy (non-hydrogen) atoms. The van der Waals surface area contributed by atoms with Gasteiger partial charge in [0, 0.05) is 12.5 Å². The zero-order valence-corrected chi connectivity index (χ0v) is 18.0. The fourth-order valence-electron chi connectivity index (χ4n) is 4.04. The zero-order chi connectivity index (χ0) is 21.4. The number of benzene rings is 3. The molecule has 3 aromatic rings. The Bertz CT molecular complexity index is 1160. The van der Waals surface area contributed by atoms with Crippen LogP contribution in [-0.2, 0) is 6.42 Å². The lowest BCUT2D eigenvalue weighted by Gasteiger charge is -2.25. The van der Waals surface area contributed by atoms with E-state index in [1.165, 1.54) is 25.3 Å². The first-order valence-corrected chi connectivity index (χ1v) is 9.56. The average molecular weight is 448 g/mol. The Hall–Kier alpha value is -2.99. The molecule has 3 aromatic carbocycles. The summed E-state index contributed by atoms with van der Waals surface area (Å²) in [7, 11) is 3.05. The van der Waals surface area contributed by atoms with Gasteiger partial charge in [-0.05, 0) is 42.8 Å².